The number of aliphatic imine (C=N–C) groups is 1. The lowest BCUT2D eigenvalue weighted by Gasteiger charge is -2.12. The summed E-state index contributed by atoms with van der Waals surface area (Å²) in [5.41, 5.74) is 5.60. The van der Waals surface area contributed by atoms with Gasteiger partial charge in [0.25, 0.3) is 5.91 Å². The van der Waals surface area contributed by atoms with E-state index in [4.69, 9.17) is 9.73 Å². The fourth-order valence-electron chi connectivity index (χ4n) is 3.50. The number of nitriles is 1. The molecule has 1 saturated heterocycles. The fourth-order valence-corrected chi connectivity index (χ4v) is 4.57. The Morgan fingerprint density at radius 2 is 1.82 bits per heavy atom. The number of hydrogen-bond acceptors (Lipinski definition) is 5. The van der Waals surface area contributed by atoms with Crippen molar-refractivity contribution in [3.8, 4) is 11.8 Å². The van der Waals surface area contributed by atoms with Gasteiger partial charge in [-0.15, -0.1) is 0 Å². The number of rotatable bonds is 6. The number of aryl methyl sites for hydroxylation is 2. The summed E-state index contributed by atoms with van der Waals surface area (Å²) in [6, 6.07) is 23.2. The molecule has 5 nitrogen and oxygen atoms in total. The molecule has 0 spiro atoms. The summed E-state index contributed by atoms with van der Waals surface area (Å²) in [5, 5.41) is 9.91. The van der Waals surface area contributed by atoms with E-state index in [1.165, 1.54) is 22.9 Å². The molecule has 1 heterocycles. The van der Waals surface area contributed by atoms with Gasteiger partial charge in [-0.3, -0.25) is 9.69 Å². The van der Waals surface area contributed by atoms with E-state index in [1.807, 2.05) is 73.7 Å². The van der Waals surface area contributed by atoms with Gasteiger partial charge in [0.2, 0.25) is 0 Å². The molecule has 4 rings (SSSR count). The van der Waals surface area contributed by atoms with Gasteiger partial charge in [0, 0.05) is 12.1 Å². The highest BCUT2D eigenvalue weighted by Gasteiger charge is 2.32. The Kier molecular flexibility index (Phi) is 7.15. The minimum atomic E-state index is -0.0384. The van der Waals surface area contributed by atoms with Crippen LogP contribution in [0.5, 0.6) is 5.75 Å². The first-order valence-corrected chi connectivity index (χ1v) is 11.9. The first-order valence-electron chi connectivity index (χ1n) is 11.1. The normalized spacial score (nSPS) is 15.7. The monoisotopic (exact) mass is 467 g/mol. The van der Waals surface area contributed by atoms with E-state index in [9.17, 15) is 10.1 Å². The Hall–Kier alpha value is -3.82. The Morgan fingerprint density at radius 3 is 2.53 bits per heavy atom. The molecule has 34 heavy (non-hydrogen) atoms. The van der Waals surface area contributed by atoms with Crippen LogP contribution in [0.3, 0.4) is 0 Å². The molecule has 1 aliphatic heterocycles. The Bertz CT molecular complexity index is 1320. The van der Waals surface area contributed by atoms with Crippen LogP contribution in [0.1, 0.15) is 34.7 Å². The van der Waals surface area contributed by atoms with Gasteiger partial charge in [0.05, 0.1) is 22.2 Å². The quantitative estimate of drug-likeness (QED) is 0.395. The summed E-state index contributed by atoms with van der Waals surface area (Å²) in [6.45, 7) is 6.96. The van der Waals surface area contributed by atoms with Crippen LogP contribution in [0.15, 0.2) is 76.6 Å². The number of ether oxygens (including phenoxy) is 1. The van der Waals surface area contributed by atoms with Crippen molar-refractivity contribution in [3.05, 3.63) is 99.5 Å². The number of thioether (sulfide) groups is 1. The van der Waals surface area contributed by atoms with Gasteiger partial charge in [0.1, 0.15) is 12.4 Å². The molecule has 0 aromatic heterocycles. The molecule has 1 fully saturated rings. The maximum absolute atomic E-state index is 13.0. The highest BCUT2D eigenvalue weighted by molar-refractivity contribution is 8.18. The van der Waals surface area contributed by atoms with Gasteiger partial charge < -0.3 is 4.74 Å². The minimum absolute atomic E-state index is 0.0384. The second kappa shape index (κ2) is 10.4. The topological polar surface area (TPSA) is 65.7 Å². The third-order valence-corrected chi connectivity index (χ3v) is 6.64. The lowest BCUT2D eigenvalue weighted by atomic mass is 10.1. The Labute approximate surface area is 204 Å². The average Bonchev–Trinajstić information content (AvgIpc) is 3.14. The number of carbonyl (C=O) groups excluding carboxylic acids is 1. The van der Waals surface area contributed by atoms with Crippen molar-refractivity contribution in [1.82, 2.24) is 4.90 Å². The number of likely N-dealkylation sites (N-methyl/N-ethyl adjacent to an activating group) is 1. The van der Waals surface area contributed by atoms with Crippen LogP contribution < -0.4 is 4.74 Å². The zero-order chi connectivity index (χ0) is 24.1. The average molecular weight is 468 g/mol. The van der Waals surface area contributed by atoms with Gasteiger partial charge in [-0.2, -0.15) is 5.26 Å². The van der Waals surface area contributed by atoms with Crippen LogP contribution in [0.4, 0.5) is 5.69 Å². The molecule has 6 heteroatoms. The van der Waals surface area contributed by atoms with Crippen LogP contribution in [0.2, 0.25) is 0 Å². The molecule has 170 valence electrons. The molecule has 0 aliphatic carbocycles. The predicted octanol–water partition coefficient (Wildman–Crippen LogP) is 6.38. The van der Waals surface area contributed by atoms with Crippen molar-refractivity contribution < 1.29 is 9.53 Å². The molecule has 0 bridgehead atoms. The molecule has 0 unspecified atom stereocenters. The summed E-state index contributed by atoms with van der Waals surface area (Å²) in [4.78, 5) is 20.0. The fraction of sp³-hybridized carbons (Fsp3) is 0.179. The molecule has 1 amide bonds. The van der Waals surface area contributed by atoms with Gasteiger partial charge in [-0.05, 0) is 85.6 Å². The molecule has 0 radical (unpaired) electrons. The van der Waals surface area contributed by atoms with Crippen LogP contribution in [-0.2, 0) is 11.4 Å². The van der Waals surface area contributed by atoms with Gasteiger partial charge in [-0.25, -0.2) is 4.99 Å². The number of benzene rings is 3. The smallest absolute Gasteiger partial charge is 0.266 e. The van der Waals surface area contributed by atoms with Gasteiger partial charge in [-0.1, -0.05) is 36.4 Å². The van der Waals surface area contributed by atoms with E-state index >= 15 is 0 Å². The molecule has 3 aromatic rings. The summed E-state index contributed by atoms with van der Waals surface area (Å²) < 4.78 is 5.85. The lowest BCUT2D eigenvalue weighted by molar-refractivity contribution is -0.122. The van der Waals surface area contributed by atoms with Crippen molar-refractivity contribution in [2.24, 2.45) is 4.99 Å². The Morgan fingerprint density at radius 1 is 1.06 bits per heavy atom. The van der Waals surface area contributed by atoms with Crippen molar-refractivity contribution >= 4 is 34.6 Å². The van der Waals surface area contributed by atoms with Crippen molar-refractivity contribution in [3.63, 3.8) is 0 Å². The third kappa shape index (κ3) is 5.22. The number of amidine groups is 1. The second-order valence-corrected chi connectivity index (χ2v) is 8.96. The van der Waals surface area contributed by atoms with Crippen molar-refractivity contribution in [2.75, 3.05) is 6.54 Å². The maximum atomic E-state index is 13.0. The SMILES string of the molecule is CCN1C(=O)/C(=C\c2ccc(OCc3ccccc3C#N)cc2)SC1=Nc1ccc(C)c(C)c1. The molecule has 0 saturated carbocycles. The van der Waals surface area contributed by atoms with E-state index in [-0.39, 0.29) is 5.91 Å². The van der Waals surface area contributed by atoms with Crippen molar-refractivity contribution in [2.45, 2.75) is 27.4 Å². The maximum Gasteiger partial charge on any atom is 0.266 e. The number of carbonyl (C=O) groups is 1. The summed E-state index contributed by atoms with van der Waals surface area (Å²) in [5.74, 6) is 0.663. The largest absolute Gasteiger partial charge is 0.489 e. The second-order valence-electron chi connectivity index (χ2n) is 7.95. The lowest BCUT2D eigenvalue weighted by Crippen LogP contribution is -2.28. The molecule has 3 aromatic carbocycles. The number of hydrogen-bond donors (Lipinski definition) is 0. The van der Waals surface area contributed by atoms with Gasteiger partial charge in [0.15, 0.2) is 5.17 Å². The molecular weight excluding hydrogens is 442 g/mol. The first-order chi connectivity index (χ1) is 16.5. The number of nitrogens with zero attached hydrogens (tertiary/aromatic N) is 3. The van der Waals surface area contributed by atoms with Crippen LogP contribution in [-0.4, -0.2) is 22.5 Å². The van der Waals surface area contributed by atoms with E-state index in [1.54, 1.807) is 11.0 Å². The van der Waals surface area contributed by atoms with Crippen molar-refractivity contribution in [1.29, 1.82) is 5.26 Å². The third-order valence-electron chi connectivity index (χ3n) is 5.63. The van der Waals surface area contributed by atoms with Gasteiger partial charge >= 0.3 is 0 Å². The molecule has 1 aliphatic rings. The zero-order valence-electron chi connectivity index (χ0n) is 19.4. The van der Waals surface area contributed by atoms with Crippen LogP contribution in [0.25, 0.3) is 6.08 Å². The highest BCUT2D eigenvalue weighted by atomic mass is 32.2. The minimum Gasteiger partial charge on any atom is -0.489 e. The summed E-state index contributed by atoms with van der Waals surface area (Å²) in [6.07, 6.45) is 1.88. The zero-order valence-corrected chi connectivity index (χ0v) is 20.2. The first kappa shape index (κ1) is 23.3. The highest BCUT2D eigenvalue weighted by Crippen LogP contribution is 2.34. The number of amides is 1. The summed E-state index contributed by atoms with van der Waals surface area (Å²) >= 11 is 1.39. The standard InChI is InChI=1S/C28H25N3O2S/c1-4-31-27(32)26(34-28(31)30-24-12-9-19(2)20(3)15-24)16-21-10-13-25(14-11-21)33-18-23-8-6-5-7-22(23)17-29/h5-16H,4,18H2,1-3H3/b26-16+,30-28?. The molecule has 0 N–H and O–H groups in total. The molecule has 0 atom stereocenters. The Balaban J connectivity index is 1.48. The predicted molar refractivity (Wildman–Crippen MR) is 138 cm³/mol. The van der Waals surface area contributed by atoms with E-state index in [0.717, 1.165) is 16.8 Å². The van der Waals surface area contributed by atoms with E-state index < -0.39 is 0 Å². The summed E-state index contributed by atoms with van der Waals surface area (Å²) in [7, 11) is 0. The van der Waals surface area contributed by atoms with E-state index in [0.29, 0.717) is 34.5 Å². The van der Waals surface area contributed by atoms with E-state index in [2.05, 4.69) is 19.9 Å². The van der Waals surface area contributed by atoms with Crippen LogP contribution >= 0.6 is 11.8 Å². The van der Waals surface area contributed by atoms with Crippen LogP contribution in [0, 0.1) is 25.2 Å². The molecular formula is C28H25N3O2S.